The summed E-state index contributed by atoms with van der Waals surface area (Å²) in [6.45, 7) is 5.78. The minimum Gasteiger partial charge on any atom is -0.341 e. The van der Waals surface area contributed by atoms with Crippen LogP contribution in [0.5, 0.6) is 0 Å². The Labute approximate surface area is 108 Å². The van der Waals surface area contributed by atoms with E-state index >= 15 is 0 Å². The van der Waals surface area contributed by atoms with E-state index in [1.165, 1.54) is 0 Å². The second-order valence-corrected chi connectivity index (χ2v) is 4.90. The van der Waals surface area contributed by atoms with E-state index in [-0.39, 0.29) is 18.0 Å². The highest BCUT2D eigenvalue weighted by Crippen LogP contribution is 2.12. The minimum atomic E-state index is -0.153. The molecule has 4 nitrogen and oxygen atoms in total. The monoisotopic (exact) mass is 247 g/mol. The maximum atomic E-state index is 12.2. The quantitative estimate of drug-likeness (QED) is 0.881. The van der Waals surface area contributed by atoms with Crippen molar-refractivity contribution in [2.45, 2.75) is 38.8 Å². The summed E-state index contributed by atoms with van der Waals surface area (Å²) in [4.78, 5) is 18.4. The molecule has 18 heavy (non-hydrogen) atoms. The van der Waals surface area contributed by atoms with Gasteiger partial charge in [-0.1, -0.05) is 6.07 Å². The van der Waals surface area contributed by atoms with Gasteiger partial charge >= 0.3 is 0 Å². The number of nitrogens with zero attached hydrogens (tertiary/aromatic N) is 2. The lowest BCUT2D eigenvalue weighted by Crippen LogP contribution is -2.44. The molecule has 1 saturated heterocycles. The number of carbonyl (C=O) groups excluding carboxylic acids is 1. The van der Waals surface area contributed by atoms with Crippen LogP contribution in [0, 0.1) is 0 Å². The third-order valence-electron chi connectivity index (χ3n) is 3.42. The maximum Gasteiger partial charge on any atom is 0.239 e. The second-order valence-electron chi connectivity index (χ2n) is 4.90. The molecule has 4 heteroatoms. The maximum absolute atomic E-state index is 12.2. The summed E-state index contributed by atoms with van der Waals surface area (Å²) in [6, 6.07) is 5.78. The van der Waals surface area contributed by atoms with E-state index < -0.39 is 0 Å². The van der Waals surface area contributed by atoms with Crippen molar-refractivity contribution < 1.29 is 4.79 Å². The van der Waals surface area contributed by atoms with E-state index in [0.29, 0.717) is 0 Å². The summed E-state index contributed by atoms with van der Waals surface area (Å²) in [5, 5.41) is 3.32. The predicted octanol–water partition coefficient (Wildman–Crippen LogP) is 1.74. The zero-order chi connectivity index (χ0) is 13.0. The second kappa shape index (κ2) is 5.96. The van der Waals surface area contributed by atoms with Crippen LogP contribution in [-0.2, 0) is 4.79 Å². The van der Waals surface area contributed by atoms with E-state index in [0.717, 1.165) is 31.6 Å². The zero-order valence-corrected chi connectivity index (χ0v) is 11.1. The van der Waals surface area contributed by atoms with Gasteiger partial charge in [0.2, 0.25) is 5.91 Å². The fraction of sp³-hybridized carbons (Fsp3) is 0.571. The molecule has 2 atom stereocenters. The first kappa shape index (κ1) is 13.0. The van der Waals surface area contributed by atoms with Crippen molar-refractivity contribution in [1.29, 1.82) is 0 Å². The van der Waals surface area contributed by atoms with Gasteiger partial charge in [-0.05, 0) is 38.8 Å². The Bertz CT molecular complexity index is 387. The number of aromatic nitrogens is 1. The Hall–Kier alpha value is -1.42. The largest absolute Gasteiger partial charge is 0.341 e. The average Bonchev–Trinajstić information content (AvgIpc) is 2.92. The van der Waals surface area contributed by atoms with Crippen LogP contribution >= 0.6 is 0 Å². The summed E-state index contributed by atoms with van der Waals surface area (Å²) < 4.78 is 0. The fourth-order valence-corrected chi connectivity index (χ4v) is 2.38. The number of hydrogen-bond acceptors (Lipinski definition) is 3. The lowest BCUT2D eigenvalue weighted by atomic mass is 10.2. The molecule has 1 fully saturated rings. The smallest absolute Gasteiger partial charge is 0.239 e. The van der Waals surface area contributed by atoms with Gasteiger partial charge in [-0.15, -0.1) is 0 Å². The SMILES string of the molecule is CC(N[C@@H](C)c1ccccn1)C(=O)N1CCCC1. The molecule has 0 radical (unpaired) electrons. The zero-order valence-electron chi connectivity index (χ0n) is 11.1. The van der Waals surface area contributed by atoms with E-state index in [4.69, 9.17) is 0 Å². The molecule has 1 unspecified atom stereocenters. The van der Waals surface area contributed by atoms with E-state index in [9.17, 15) is 4.79 Å². The first-order chi connectivity index (χ1) is 8.68. The molecular formula is C14H21N3O. The van der Waals surface area contributed by atoms with Gasteiger partial charge in [0.05, 0.1) is 11.7 Å². The Morgan fingerprint density at radius 1 is 1.33 bits per heavy atom. The Kier molecular flexibility index (Phi) is 4.31. The van der Waals surface area contributed by atoms with Crippen LogP contribution in [0.15, 0.2) is 24.4 Å². The molecule has 1 aromatic heterocycles. The number of pyridine rings is 1. The van der Waals surface area contributed by atoms with Crippen molar-refractivity contribution >= 4 is 5.91 Å². The van der Waals surface area contributed by atoms with Crippen LogP contribution in [0.3, 0.4) is 0 Å². The Morgan fingerprint density at radius 3 is 2.67 bits per heavy atom. The van der Waals surface area contributed by atoms with Crippen LogP contribution < -0.4 is 5.32 Å². The topological polar surface area (TPSA) is 45.2 Å². The minimum absolute atomic E-state index is 0.0905. The van der Waals surface area contributed by atoms with Crippen molar-refractivity contribution in [3.05, 3.63) is 30.1 Å². The van der Waals surface area contributed by atoms with Crippen molar-refractivity contribution in [1.82, 2.24) is 15.2 Å². The lowest BCUT2D eigenvalue weighted by Gasteiger charge is -2.24. The molecule has 0 bridgehead atoms. The van der Waals surface area contributed by atoms with Gasteiger partial charge in [-0.3, -0.25) is 15.1 Å². The van der Waals surface area contributed by atoms with Crippen LogP contribution in [0.1, 0.15) is 38.4 Å². The van der Waals surface area contributed by atoms with Crippen LogP contribution in [0.25, 0.3) is 0 Å². The third-order valence-corrected chi connectivity index (χ3v) is 3.42. The van der Waals surface area contributed by atoms with Crippen molar-refractivity contribution in [2.24, 2.45) is 0 Å². The molecule has 0 aliphatic carbocycles. The van der Waals surface area contributed by atoms with Gasteiger partial charge in [0, 0.05) is 25.3 Å². The lowest BCUT2D eigenvalue weighted by molar-refractivity contribution is -0.132. The van der Waals surface area contributed by atoms with Crippen LogP contribution in [-0.4, -0.2) is 34.9 Å². The van der Waals surface area contributed by atoms with Crippen LogP contribution in [0.4, 0.5) is 0 Å². The normalized spacial score (nSPS) is 18.7. The summed E-state index contributed by atoms with van der Waals surface area (Å²) >= 11 is 0. The molecule has 98 valence electrons. The average molecular weight is 247 g/mol. The molecule has 1 aliphatic rings. The number of nitrogens with one attached hydrogen (secondary N) is 1. The highest BCUT2D eigenvalue weighted by Gasteiger charge is 2.24. The van der Waals surface area contributed by atoms with Crippen molar-refractivity contribution in [3.8, 4) is 0 Å². The number of rotatable bonds is 4. The molecule has 1 aromatic rings. The summed E-state index contributed by atoms with van der Waals surface area (Å²) in [5.74, 6) is 0.204. The molecule has 0 saturated carbocycles. The summed E-state index contributed by atoms with van der Waals surface area (Å²) in [5.41, 5.74) is 0.971. The molecule has 1 aliphatic heterocycles. The number of hydrogen-bond donors (Lipinski definition) is 1. The van der Waals surface area contributed by atoms with E-state index in [1.54, 1.807) is 6.20 Å². The van der Waals surface area contributed by atoms with Gasteiger partial charge in [-0.2, -0.15) is 0 Å². The van der Waals surface area contributed by atoms with Crippen molar-refractivity contribution in [2.75, 3.05) is 13.1 Å². The number of amides is 1. The summed E-state index contributed by atoms with van der Waals surface area (Å²) in [7, 11) is 0. The predicted molar refractivity (Wildman–Crippen MR) is 71.1 cm³/mol. The Balaban J connectivity index is 1.90. The standard InChI is InChI=1S/C14H21N3O/c1-11(13-7-3-4-8-15-13)16-12(2)14(18)17-9-5-6-10-17/h3-4,7-8,11-12,16H,5-6,9-10H2,1-2H3/t11-,12?/m0/s1. The molecule has 2 rings (SSSR count). The van der Waals surface area contributed by atoms with Crippen molar-refractivity contribution in [3.63, 3.8) is 0 Å². The number of likely N-dealkylation sites (tertiary alicyclic amines) is 1. The highest BCUT2D eigenvalue weighted by atomic mass is 16.2. The number of carbonyl (C=O) groups is 1. The highest BCUT2D eigenvalue weighted by molar-refractivity contribution is 5.81. The van der Waals surface area contributed by atoms with Gasteiger partial charge in [0.1, 0.15) is 0 Å². The van der Waals surface area contributed by atoms with E-state index in [2.05, 4.69) is 10.3 Å². The molecule has 0 spiro atoms. The van der Waals surface area contributed by atoms with Crippen LogP contribution in [0.2, 0.25) is 0 Å². The summed E-state index contributed by atoms with van der Waals surface area (Å²) in [6.07, 6.45) is 4.04. The van der Waals surface area contributed by atoms with Gasteiger partial charge in [-0.25, -0.2) is 0 Å². The first-order valence-corrected chi connectivity index (χ1v) is 6.64. The molecule has 1 N–H and O–H groups in total. The van der Waals surface area contributed by atoms with Gasteiger partial charge < -0.3 is 4.90 Å². The molecule has 0 aromatic carbocycles. The molecular weight excluding hydrogens is 226 g/mol. The Morgan fingerprint density at radius 2 is 2.06 bits per heavy atom. The fourth-order valence-electron chi connectivity index (χ4n) is 2.38. The van der Waals surface area contributed by atoms with Gasteiger partial charge in [0.15, 0.2) is 0 Å². The molecule has 2 heterocycles. The first-order valence-electron chi connectivity index (χ1n) is 6.64. The molecule has 1 amide bonds. The van der Waals surface area contributed by atoms with Gasteiger partial charge in [0.25, 0.3) is 0 Å². The third kappa shape index (κ3) is 3.07. The van der Waals surface area contributed by atoms with E-state index in [1.807, 2.05) is 36.9 Å².